The van der Waals surface area contributed by atoms with Crippen LogP contribution in [0.25, 0.3) is 0 Å². The molecule has 1 fully saturated rings. The van der Waals surface area contributed by atoms with Crippen molar-refractivity contribution in [2.75, 3.05) is 39.4 Å². The summed E-state index contributed by atoms with van der Waals surface area (Å²) >= 11 is 0. The molecule has 0 spiro atoms. The molecule has 1 saturated heterocycles. The lowest BCUT2D eigenvalue weighted by Gasteiger charge is -2.36. The molecule has 7 heteroatoms. The Morgan fingerprint density at radius 1 is 1.24 bits per heavy atom. The lowest BCUT2D eigenvalue weighted by atomic mass is 10.0. The standard InChI is InChI=1S/C18H36N4O3/c1-6-19-16(20-11-13-24-7-2)21-14-15-10-8-9-12-22(15)17(23)25-18(3,4)5/h15H,6-14H2,1-5H3,(H2,19,20,21). The maximum Gasteiger partial charge on any atom is 0.410 e. The van der Waals surface area contributed by atoms with E-state index < -0.39 is 5.60 Å². The highest BCUT2D eigenvalue weighted by Crippen LogP contribution is 2.20. The zero-order chi connectivity index (χ0) is 18.7. The van der Waals surface area contributed by atoms with Crippen LogP contribution in [-0.4, -0.2) is 68.0 Å². The molecule has 1 aliphatic rings. The van der Waals surface area contributed by atoms with Crippen molar-refractivity contribution in [1.82, 2.24) is 15.5 Å². The van der Waals surface area contributed by atoms with E-state index in [1.165, 1.54) is 0 Å². The van der Waals surface area contributed by atoms with Gasteiger partial charge in [-0.05, 0) is 53.9 Å². The summed E-state index contributed by atoms with van der Waals surface area (Å²) in [6.45, 7) is 13.9. The predicted molar refractivity (Wildman–Crippen MR) is 101 cm³/mol. The minimum Gasteiger partial charge on any atom is -0.444 e. The maximum atomic E-state index is 12.4. The van der Waals surface area contributed by atoms with Crippen LogP contribution in [0.15, 0.2) is 4.99 Å². The summed E-state index contributed by atoms with van der Waals surface area (Å²) in [7, 11) is 0. The van der Waals surface area contributed by atoms with Crippen LogP contribution in [-0.2, 0) is 9.47 Å². The first kappa shape index (κ1) is 21.5. The molecule has 25 heavy (non-hydrogen) atoms. The Balaban J connectivity index is 2.62. The van der Waals surface area contributed by atoms with Crippen LogP contribution in [0.4, 0.5) is 4.79 Å². The molecule has 1 atom stereocenters. The van der Waals surface area contributed by atoms with Crippen molar-refractivity contribution in [3.8, 4) is 0 Å². The molecule has 2 N–H and O–H groups in total. The Morgan fingerprint density at radius 3 is 2.64 bits per heavy atom. The van der Waals surface area contributed by atoms with Crippen molar-refractivity contribution in [2.24, 2.45) is 4.99 Å². The quantitative estimate of drug-likeness (QED) is 0.416. The zero-order valence-electron chi connectivity index (χ0n) is 16.6. The molecule has 7 nitrogen and oxygen atoms in total. The molecule has 0 aliphatic carbocycles. The summed E-state index contributed by atoms with van der Waals surface area (Å²) in [5.74, 6) is 0.761. The number of hydrogen-bond donors (Lipinski definition) is 2. The highest BCUT2D eigenvalue weighted by atomic mass is 16.6. The van der Waals surface area contributed by atoms with Crippen LogP contribution in [0.5, 0.6) is 0 Å². The van der Waals surface area contributed by atoms with E-state index in [9.17, 15) is 4.79 Å². The van der Waals surface area contributed by atoms with Gasteiger partial charge in [-0.25, -0.2) is 4.79 Å². The van der Waals surface area contributed by atoms with Gasteiger partial charge in [-0.1, -0.05) is 0 Å². The molecular formula is C18H36N4O3. The molecule has 1 rings (SSSR count). The van der Waals surface area contributed by atoms with E-state index >= 15 is 0 Å². The van der Waals surface area contributed by atoms with E-state index in [2.05, 4.69) is 15.6 Å². The molecule has 1 unspecified atom stereocenters. The van der Waals surface area contributed by atoms with Crippen LogP contribution in [0.2, 0.25) is 0 Å². The van der Waals surface area contributed by atoms with Crippen LogP contribution >= 0.6 is 0 Å². The van der Waals surface area contributed by atoms with Crippen molar-refractivity contribution >= 4 is 12.1 Å². The Labute approximate surface area is 152 Å². The number of hydrogen-bond acceptors (Lipinski definition) is 4. The van der Waals surface area contributed by atoms with Crippen LogP contribution in [0, 0.1) is 0 Å². The van der Waals surface area contributed by atoms with Gasteiger partial charge in [-0.2, -0.15) is 0 Å². The van der Waals surface area contributed by atoms with E-state index in [4.69, 9.17) is 9.47 Å². The third-order valence-corrected chi connectivity index (χ3v) is 3.80. The average molecular weight is 357 g/mol. The summed E-state index contributed by atoms with van der Waals surface area (Å²) < 4.78 is 10.9. The zero-order valence-corrected chi connectivity index (χ0v) is 16.6. The number of carbonyl (C=O) groups is 1. The summed E-state index contributed by atoms with van der Waals surface area (Å²) in [5, 5.41) is 6.49. The number of aliphatic imine (C=N–C) groups is 1. The minimum absolute atomic E-state index is 0.0888. The van der Waals surface area contributed by atoms with Gasteiger partial charge in [0.1, 0.15) is 5.60 Å². The second-order valence-corrected chi connectivity index (χ2v) is 7.17. The fraction of sp³-hybridized carbons (Fsp3) is 0.889. The van der Waals surface area contributed by atoms with Crippen molar-refractivity contribution < 1.29 is 14.3 Å². The lowest BCUT2D eigenvalue weighted by Crippen LogP contribution is -2.48. The van der Waals surface area contributed by atoms with Gasteiger partial charge in [-0.15, -0.1) is 0 Å². The SMILES string of the molecule is CCNC(=NCC1CCCCN1C(=O)OC(C)(C)C)NCCOCC. The smallest absolute Gasteiger partial charge is 0.410 e. The number of nitrogens with zero attached hydrogens (tertiary/aromatic N) is 2. The Kier molecular flexibility index (Phi) is 9.63. The number of likely N-dealkylation sites (tertiary alicyclic amines) is 1. The number of ether oxygens (including phenoxy) is 2. The molecule has 0 aromatic heterocycles. The lowest BCUT2D eigenvalue weighted by molar-refractivity contribution is 0.0110. The first-order chi connectivity index (χ1) is 11.9. The molecule has 0 saturated carbocycles. The molecular weight excluding hydrogens is 320 g/mol. The largest absolute Gasteiger partial charge is 0.444 e. The van der Waals surface area contributed by atoms with Crippen molar-refractivity contribution in [3.05, 3.63) is 0 Å². The van der Waals surface area contributed by atoms with E-state index in [0.29, 0.717) is 26.3 Å². The number of carbonyl (C=O) groups excluding carboxylic acids is 1. The fourth-order valence-corrected chi connectivity index (χ4v) is 2.68. The highest BCUT2D eigenvalue weighted by Gasteiger charge is 2.30. The average Bonchev–Trinajstić information content (AvgIpc) is 2.55. The highest BCUT2D eigenvalue weighted by molar-refractivity contribution is 5.79. The third kappa shape index (κ3) is 8.95. The molecule has 146 valence electrons. The van der Waals surface area contributed by atoms with E-state index in [1.807, 2.05) is 39.5 Å². The van der Waals surface area contributed by atoms with Crippen LogP contribution < -0.4 is 10.6 Å². The van der Waals surface area contributed by atoms with E-state index in [1.54, 1.807) is 0 Å². The van der Waals surface area contributed by atoms with Gasteiger partial charge >= 0.3 is 6.09 Å². The summed E-state index contributed by atoms with van der Waals surface area (Å²) in [4.78, 5) is 18.9. The van der Waals surface area contributed by atoms with Gasteiger partial charge in [0, 0.05) is 26.2 Å². The number of rotatable bonds is 7. The number of nitrogens with one attached hydrogen (secondary N) is 2. The Bertz CT molecular complexity index is 421. The summed E-state index contributed by atoms with van der Waals surface area (Å²) in [6.07, 6.45) is 2.86. The van der Waals surface area contributed by atoms with Crippen molar-refractivity contribution in [3.63, 3.8) is 0 Å². The first-order valence-corrected chi connectivity index (χ1v) is 9.47. The number of amides is 1. The maximum absolute atomic E-state index is 12.4. The second-order valence-electron chi connectivity index (χ2n) is 7.17. The molecule has 0 radical (unpaired) electrons. The second kappa shape index (κ2) is 11.2. The third-order valence-electron chi connectivity index (χ3n) is 3.80. The van der Waals surface area contributed by atoms with Crippen molar-refractivity contribution in [2.45, 2.75) is 65.5 Å². The van der Waals surface area contributed by atoms with Gasteiger partial charge < -0.3 is 25.0 Å². The molecule has 1 heterocycles. The van der Waals surface area contributed by atoms with Crippen LogP contribution in [0.1, 0.15) is 53.9 Å². The number of guanidine groups is 1. The Hall–Kier alpha value is -1.50. The monoisotopic (exact) mass is 356 g/mol. The number of piperidine rings is 1. The summed E-state index contributed by atoms with van der Waals surface area (Å²) in [6, 6.07) is 0.0888. The molecule has 0 bridgehead atoms. The molecule has 0 aromatic rings. The van der Waals surface area contributed by atoms with Gasteiger partial charge in [0.05, 0.1) is 19.2 Å². The molecule has 0 aromatic carbocycles. The van der Waals surface area contributed by atoms with Crippen molar-refractivity contribution in [1.29, 1.82) is 0 Å². The predicted octanol–water partition coefficient (Wildman–Crippen LogP) is 2.37. The van der Waals surface area contributed by atoms with Gasteiger partial charge in [0.2, 0.25) is 0 Å². The topological polar surface area (TPSA) is 75.2 Å². The minimum atomic E-state index is -0.474. The fourth-order valence-electron chi connectivity index (χ4n) is 2.68. The molecule has 1 amide bonds. The van der Waals surface area contributed by atoms with E-state index in [0.717, 1.165) is 38.3 Å². The summed E-state index contributed by atoms with van der Waals surface area (Å²) in [5.41, 5.74) is -0.474. The van der Waals surface area contributed by atoms with Gasteiger partial charge in [0.25, 0.3) is 0 Å². The van der Waals surface area contributed by atoms with Crippen LogP contribution in [0.3, 0.4) is 0 Å². The van der Waals surface area contributed by atoms with Gasteiger partial charge in [-0.3, -0.25) is 4.99 Å². The normalized spacial score (nSPS) is 18.8. The van der Waals surface area contributed by atoms with E-state index in [-0.39, 0.29) is 12.1 Å². The molecule has 1 aliphatic heterocycles. The first-order valence-electron chi connectivity index (χ1n) is 9.47. The Morgan fingerprint density at radius 2 is 2.00 bits per heavy atom. The van der Waals surface area contributed by atoms with Gasteiger partial charge in [0.15, 0.2) is 5.96 Å².